The molecule has 0 aliphatic rings. The summed E-state index contributed by atoms with van der Waals surface area (Å²) in [6, 6.07) is -0.660. The van der Waals surface area contributed by atoms with Gasteiger partial charge in [-0.2, -0.15) is 37.9 Å². The fraction of sp³-hybridized carbons (Fsp3) is 0.846. The highest BCUT2D eigenvalue weighted by molar-refractivity contribution is 7.81. The van der Waals surface area contributed by atoms with Crippen molar-refractivity contribution in [2.24, 2.45) is 0 Å². The van der Waals surface area contributed by atoms with E-state index in [1.54, 1.807) is 6.92 Å². The minimum atomic E-state index is -0.660. The van der Waals surface area contributed by atoms with Crippen molar-refractivity contribution in [3.63, 3.8) is 0 Å². The molecule has 118 valence electrons. The maximum absolute atomic E-state index is 11.7. The zero-order valence-electron chi connectivity index (χ0n) is 11.9. The number of esters is 1. The molecule has 0 aliphatic heterocycles. The van der Waals surface area contributed by atoms with E-state index in [2.05, 4.69) is 43.2 Å². The number of hydrogen-bond acceptors (Lipinski definition) is 6. The van der Waals surface area contributed by atoms with Gasteiger partial charge in [0.1, 0.15) is 6.04 Å². The highest BCUT2D eigenvalue weighted by Crippen LogP contribution is 2.12. The summed E-state index contributed by atoms with van der Waals surface area (Å²) in [6.45, 7) is 2.03. The van der Waals surface area contributed by atoms with Gasteiger partial charge in [-0.1, -0.05) is 6.42 Å². The average Bonchev–Trinajstić information content (AvgIpc) is 2.41. The summed E-state index contributed by atoms with van der Waals surface area (Å²) >= 11 is 12.6. The lowest BCUT2D eigenvalue weighted by Crippen LogP contribution is -2.43. The molecule has 4 nitrogen and oxygen atoms in total. The number of hydrogen-bond donors (Lipinski definition) is 4. The van der Waals surface area contributed by atoms with Gasteiger partial charge in [-0.25, -0.2) is 4.79 Å². The van der Waals surface area contributed by atoms with Crippen LogP contribution in [0.2, 0.25) is 0 Å². The lowest BCUT2D eigenvalue weighted by Gasteiger charge is -2.15. The molecular weight excluding hydrogens is 314 g/mol. The Bertz CT molecular complexity index is 290. The summed E-state index contributed by atoms with van der Waals surface area (Å²) in [7, 11) is 0. The van der Waals surface area contributed by atoms with Gasteiger partial charge in [0.15, 0.2) is 0 Å². The van der Waals surface area contributed by atoms with E-state index in [1.165, 1.54) is 0 Å². The zero-order valence-corrected chi connectivity index (χ0v) is 14.6. The smallest absolute Gasteiger partial charge is 0.329 e. The van der Waals surface area contributed by atoms with Gasteiger partial charge in [0.2, 0.25) is 5.91 Å². The number of thiol groups is 3. The Kier molecular flexibility index (Phi) is 12.7. The third kappa shape index (κ3) is 9.83. The first-order valence-electron chi connectivity index (χ1n) is 6.90. The van der Waals surface area contributed by atoms with E-state index in [0.717, 1.165) is 31.4 Å². The molecule has 0 fully saturated rings. The molecule has 0 rings (SSSR count). The van der Waals surface area contributed by atoms with Crippen LogP contribution in [0.5, 0.6) is 0 Å². The largest absolute Gasteiger partial charge is 0.464 e. The monoisotopic (exact) mass is 339 g/mol. The molecule has 20 heavy (non-hydrogen) atoms. The van der Waals surface area contributed by atoms with Gasteiger partial charge in [-0.05, 0) is 31.9 Å². The molecule has 0 aromatic heterocycles. The number of nitrogens with one attached hydrogen (secondary N) is 1. The fourth-order valence-corrected chi connectivity index (χ4v) is 2.71. The van der Waals surface area contributed by atoms with Crippen molar-refractivity contribution in [2.75, 3.05) is 18.1 Å². The van der Waals surface area contributed by atoms with Crippen LogP contribution in [0.3, 0.4) is 0 Å². The first kappa shape index (κ1) is 20.0. The van der Waals surface area contributed by atoms with Crippen molar-refractivity contribution in [1.29, 1.82) is 0 Å². The molecular formula is C13H25NO3S3. The zero-order chi connectivity index (χ0) is 15.4. The molecule has 0 aliphatic carbocycles. The number of ether oxygens (including phenoxy) is 1. The Morgan fingerprint density at radius 2 is 1.90 bits per heavy atom. The minimum absolute atomic E-state index is 0.137. The van der Waals surface area contributed by atoms with Crippen molar-refractivity contribution in [3.05, 3.63) is 0 Å². The first-order chi connectivity index (χ1) is 9.54. The van der Waals surface area contributed by atoms with Gasteiger partial charge >= 0.3 is 5.97 Å². The Labute approximate surface area is 138 Å². The average molecular weight is 340 g/mol. The molecule has 0 spiro atoms. The van der Waals surface area contributed by atoms with Crippen molar-refractivity contribution in [3.8, 4) is 0 Å². The number of amides is 1. The molecule has 0 bridgehead atoms. The van der Waals surface area contributed by atoms with E-state index in [1.807, 2.05) is 0 Å². The third-order valence-corrected chi connectivity index (χ3v) is 3.88. The van der Waals surface area contributed by atoms with Crippen molar-refractivity contribution < 1.29 is 14.3 Å². The number of unbranched alkanes of at least 4 members (excludes halogenated alkanes) is 1. The van der Waals surface area contributed by atoms with Crippen LogP contribution in [0, 0.1) is 0 Å². The van der Waals surface area contributed by atoms with Gasteiger partial charge in [-0.15, -0.1) is 0 Å². The van der Waals surface area contributed by atoms with E-state index in [4.69, 9.17) is 4.74 Å². The van der Waals surface area contributed by atoms with Crippen molar-refractivity contribution in [1.82, 2.24) is 5.32 Å². The lowest BCUT2D eigenvalue weighted by atomic mass is 10.1. The summed E-state index contributed by atoms with van der Waals surface area (Å²) in [5.41, 5.74) is 0. The topological polar surface area (TPSA) is 55.4 Å². The first-order valence-corrected chi connectivity index (χ1v) is 8.69. The summed E-state index contributed by atoms with van der Waals surface area (Å²) in [4.78, 5) is 23.2. The summed E-state index contributed by atoms with van der Waals surface area (Å²) < 4.78 is 4.86. The van der Waals surface area contributed by atoms with E-state index >= 15 is 0 Å². The van der Waals surface area contributed by atoms with Crippen LogP contribution in [-0.4, -0.2) is 41.3 Å². The maximum atomic E-state index is 11.7. The van der Waals surface area contributed by atoms with Gasteiger partial charge in [0.05, 0.1) is 6.61 Å². The Morgan fingerprint density at radius 1 is 1.20 bits per heavy atom. The van der Waals surface area contributed by atoms with Crippen LogP contribution in [-0.2, 0) is 14.3 Å². The normalized spacial score (nSPS) is 13.6. The summed E-state index contributed by atoms with van der Waals surface area (Å²) in [6.07, 6.45) is 4.09. The van der Waals surface area contributed by atoms with Crippen LogP contribution in [0.1, 0.15) is 39.0 Å². The quantitative estimate of drug-likeness (QED) is 0.265. The van der Waals surface area contributed by atoms with Gasteiger partial charge in [0.25, 0.3) is 0 Å². The van der Waals surface area contributed by atoms with Gasteiger partial charge in [-0.3, -0.25) is 4.79 Å². The lowest BCUT2D eigenvalue weighted by molar-refractivity contribution is -0.146. The maximum Gasteiger partial charge on any atom is 0.329 e. The molecule has 0 radical (unpaired) electrons. The predicted octanol–water partition coefficient (Wildman–Crippen LogP) is 2.14. The Morgan fingerprint density at radius 3 is 2.45 bits per heavy atom. The van der Waals surface area contributed by atoms with Crippen LogP contribution >= 0.6 is 37.9 Å². The van der Waals surface area contributed by atoms with E-state index < -0.39 is 12.0 Å². The number of carbonyl (C=O) groups is 2. The highest BCUT2D eigenvalue weighted by Gasteiger charge is 2.19. The SMILES string of the molecule is CCOC(=O)C(CS)NC(=O)CCCCC(S)CCS. The summed E-state index contributed by atoms with van der Waals surface area (Å²) in [5, 5.41) is 2.99. The second-order valence-corrected chi connectivity index (χ2v) is 6.01. The molecule has 2 atom stereocenters. The Hall–Kier alpha value is -0.0100. The number of carbonyl (C=O) groups excluding carboxylic acids is 2. The second-order valence-electron chi connectivity index (χ2n) is 4.47. The molecule has 2 unspecified atom stereocenters. The molecule has 0 saturated carbocycles. The van der Waals surface area contributed by atoms with Crippen LogP contribution in [0.25, 0.3) is 0 Å². The molecule has 0 saturated heterocycles. The molecule has 1 N–H and O–H groups in total. The van der Waals surface area contributed by atoms with Crippen molar-refractivity contribution in [2.45, 2.75) is 50.3 Å². The predicted molar refractivity (Wildman–Crippen MR) is 92.1 cm³/mol. The molecule has 1 amide bonds. The highest BCUT2D eigenvalue weighted by atomic mass is 32.1. The van der Waals surface area contributed by atoms with E-state index in [0.29, 0.717) is 18.3 Å². The number of rotatable bonds is 11. The molecule has 7 heteroatoms. The Balaban J connectivity index is 3.83. The van der Waals surface area contributed by atoms with Gasteiger partial charge in [0, 0.05) is 17.4 Å². The van der Waals surface area contributed by atoms with E-state index in [-0.39, 0.29) is 11.7 Å². The molecule has 0 aromatic carbocycles. The third-order valence-electron chi connectivity index (χ3n) is 2.74. The molecule has 0 heterocycles. The summed E-state index contributed by atoms with van der Waals surface area (Å²) in [5.74, 6) is 0.505. The van der Waals surface area contributed by atoms with E-state index in [9.17, 15) is 9.59 Å². The van der Waals surface area contributed by atoms with Crippen LogP contribution < -0.4 is 5.32 Å². The standard InChI is InChI=1S/C13H25NO3S3/c1-2-17-13(16)11(9-19)14-12(15)6-4-3-5-10(20)7-8-18/h10-11,18-20H,2-9H2,1H3,(H,14,15). The van der Waals surface area contributed by atoms with Gasteiger partial charge < -0.3 is 10.1 Å². The van der Waals surface area contributed by atoms with Crippen LogP contribution in [0.4, 0.5) is 0 Å². The second kappa shape index (κ2) is 12.7. The fourth-order valence-electron chi connectivity index (χ4n) is 1.65. The van der Waals surface area contributed by atoms with Crippen LogP contribution in [0.15, 0.2) is 0 Å². The van der Waals surface area contributed by atoms with Crippen molar-refractivity contribution >= 4 is 49.8 Å². The minimum Gasteiger partial charge on any atom is -0.464 e. The molecule has 0 aromatic rings.